The summed E-state index contributed by atoms with van der Waals surface area (Å²) < 4.78 is 11.7. The van der Waals surface area contributed by atoms with Crippen molar-refractivity contribution >= 4 is 17.9 Å². The highest BCUT2D eigenvalue weighted by Gasteiger charge is 2.39. The normalized spacial score (nSPS) is 18.3. The molecule has 172 valence electrons. The summed E-state index contributed by atoms with van der Waals surface area (Å²) in [5.74, 6) is -0.590. The SMILES string of the molecule is CCOC(=O)Cn1ccnc(NC2CN(C(=O)OC(C)(C)C)CC2c2ccccn2)c1=O. The minimum atomic E-state index is -0.620. The van der Waals surface area contributed by atoms with Gasteiger partial charge in [0.05, 0.1) is 12.6 Å². The van der Waals surface area contributed by atoms with Gasteiger partial charge in [-0.05, 0) is 39.8 Å². The van der Waals surface area contributed by atoms with Gasteiger partial charge in [-0.3, -0.25) is 19.1 Å². The Bertz CT molecular complexity index is 1000. The van der Waals surface area contributed by atoms with Crippen molar-refractivity contribution in [1.82, 2.24) is 19.4 Å². The molecule has 0 aromatic carbocycles. The molecule has 1 fully saturated rings. The fourth-order valence-electron chi connectivity index (χ4n) is 3.51. The molecule has 0 spiro atoms. The lowest BCUT2D eigenvalue weighted by Gasteiger charge is -2.24. The fraction of sp³-hybridized carbons (Fsp3) is 0.500. The number of hydrogen-bond acceptors (Lipinski definition) is 8. The molecule has 3 heterocycles. The zero-order valence-electron chi connectivity index (χ0n) is 18.8. The van der Waals surface area contributed by atoms with Crippen LogP contribution in [0.2, 0.25) is 0 Å². The number of nitrogens with zero attached hydrogens (tertiary/aromatic N) is 4. The Morgan fingerprint density at radius 1 is 1.19 bits per heavy atom. The summed E-state index contributed by atoms with van der Waals surface area (Å²) in [4.78, 5) is 47.5. The van der Waals surface area contributed by atoms with Crippen molar-refractivity contribution in [3.05, 3.63) is 52.8 Å². The van der Waals surface area contributed by atoms with Gasteiger partial charge in [0.2, 0.25) is 0 Å². The molecule has 2 atom stereocenters. The molecule has 10 heteroatoms. The number of amides is 1. The maximum Gasteiger partial charge on any atom is 0.410 e. The molecule has 0 radical (unpaired) electrons. The predicted octanol–water partition coefficient (Wildman–Crippen LogP) is 2.02. The average Bonchev–Trinajstić information content (AvgIpc) is 3.15. The second-order valence-corrected chi connectivity index (χ2v) is 8.51. The number of nitrogens with one attached hydrogen (secondary N) is 1. The summed E-state index contributed by atoms with van der Waals surface area (Å²) >= 11 is 0. The van der Waals surface area contributed by atoms with Crippen LogP contribution >= 0.6 is 0 Å². The van der Waals surface area contributed by atoms with Gasteiger partial charge >= 0.3 is 12.1 Å². The molecule has 0 saturated carbocycles. The number of ether oxygens (including phenoxy) is 2. The van der Waals surface area contributed by atoms with E-state index < -0.39 is 23.2 Å². The van der Waals surface area contributed by atoms with E-state index in [1.165, 1.54) is 17.0 Å². The van der Waals surface area contributed by atoms with E-state index in [0.29, 0.717) is 13.1 Å². The highest BCUT2D eigenvalue weighted by Crippen LogP contribution is 2.29. The van der Waals surface area contributed by atoms with E-state index in [9.17, 15) is 14.4 Å². The second-order valence-electron chi connectivity index (χ2n) is 8.51. The lowest BCUT2D eigenvalue weighted by atomic mass is 9.99. The molecule has 32 heavy (non-hydrogen) atoms. The number of aromatic nitrogens is 3. The Hall–Kier alpha value is -3.43. The lowest BCUT2D eigenvalue weighted by molar-refractivity contribution is -0.143. The first-order valence-electron chi connectivity index (χ1n) is 10.5. The van der Waals surface area contributed by atoms with Crippen molar-refractivity contribution < 1.29 is 19.1 Å². The first-order valence-corrected chi connectivity index (χ1v) is 10.5. The van der Waals surface area contributed by atoms with Crippen molar-refractivity contribution in [2.75, 3.05) is 25.0 Å². The number of pyridine rings is 1. The maximum absolute atomic E-state index is 12.9. The Kier molecular flexibility index (Phi) is 7.12. The molecule has 0 bridgehead atoms. The number of carbonyl (C=O) groups excluding carboxylic acids is 2. The summed E-state index contributed by atoms with van der Waals surface area (Å²) in [6, 6.07) is 5.26. The van der Waals surface area contributed by atoms with Gasteiger partial charge in [0, 0.05) is 43.3 Å². The molecule has 2 aromatic heterocycles. The van der Waals surface area contributed by atoms with Crippen LogP contribution < -0.4 is 10.9 Å². The molecule has 1 aliphatic rings. The molecular formula is C22H29N5O5. The van der Waals surface area contributed by atoms with Gasteiger partial charge in [-0.15, -0.1) is 0 Å². The van der Waals surface area contributed by atoms with E-state index in [4.69, 9.17) is 9.47 Å². The summed E-state index contributed by atoms with van der Waals surface area (Å²) in [7, 11) is 0. The number of esters is 1. The van der Waals surface area contributed by atoms with Crippen molar-refractivity contribution in [3.63, 3.8) is 0 Å². The molecule has 10 nitrogen and oxygen atoms in total. The lowest BCUT2D eigenvalue weighted by Crippen LogP contribution is -2.37. The zero-order chi connectivity index (χ0) is 23.3. The minimum Gasteiger partial charge on any atom is -0.465 e. The van der Waals surface area contributed by atoms with Crippen LogP contribution in [0.5, 0.6) is 0 Å². The third-order valence-corrected chi connectivity index (χ3v) is 4.88. The van der Waals surface area contributed by atoms with Gasteiger partial charge in [0.15, 0.2) is 5.82 Å². The number of carbonyl (C=O) groups is 2. The van der Waals surface area contributed by atoms with E-state index in [2.05, 4.69) is 15.3 Å². The van der Waals surface area contributed by atoms with Crippen LogP contribution in [0.25, 0.3) is 0 Å². The molecule has 1 amide bonds. The number of hydrogen-bond donors (Lipinski definition) is 1. The Morgan fingerprint density at radius 3 is 2.62 bits per heavy atom. The van der Waals surface area contributed by atoms with E-state index in [1.807, 2.05) is 39.0 Å². The van der Waals surface area contributed by atoms with Crippen molar-refractivity contribution in [1.29, 1.82) is 0 Å². The quantitative estimate of drug-likeness (QED) is 0.674. The fourth-order valence-corrected chi connectivity index (χ4v) is 3.51. The first kappa shape index (κ1) is 23.2. The van der Waals surface area contributed by atoms with E-state index in [-0.39, 0.29) is 30.9 Å². The van der Waals surface area contributed by atoms with Gasteiger partial charge in [0.1, 0.15) is 12.1 Å². The van der Waals surface area contributed by atoms with Gasteiger partial charge < -0.3 is 19.7 Å². The smallest absolute Gasteiger partial charge is 0.410 e. The molecule has 3 rings (SSSR count). The van der Waals surface area contributed by atoms with Crippen LogP contribution in [0.15, 0.2) is 41.6 Å². The highest BCUT2D eigenvalue weighted by molar-refractivity contribution is 5.69. The Morgan fingerprint density at radius 2 is 1.97 bits per heavy atom. The molecule has 0 aliphatic carbocycles. The minimum absolute atomic E-state index is 0.0915. The Balaban J connectivity index is 1.83. The van der Waals surface area contributed by atoms with Gasteiger partial charge in [-0.2, -0.15) is 0 Å². The molecule has 2 unspecified atom stereocenters. The second kappa shape index (κ2) is 9.80. The molecule has 2 aromatic rings. The van der Waals surface area contributed by atoms with Crippen LogP contribution in [0.4, 0.5) is 10.6 Å². The zero-order valence-corrected chi connectivity index (χ0v) is 18.8. The molecule has 1 saturated heterocycles. The van der Waals surface area contributed by atoms with E-state index in [0.717, 1.165) is 5.69 Å². The van der Waals surface area contributed by atoms with Crippen molar-refractivity contribution in [2.45, 2.75) is 51.8 Å². The van der Waals surface area contributed by atoms with E-state index >= 15 is 0 Å². The summed E-state index contributed by atoms with van der Waals surface area (Å²) in [5, 5.41) is 3.17. The van der Waals surface area contributed by atoms with Crippen LogP contribution in [0, 0.1) is 0 Å². The highest BCUT2D eigenvalue weighted by atomic mass is 16.6. The Labute approximate surface area is 186 Å². The largest absolute Gasteiger partial charge is 0.465 e. The third kappa shape index (κ3) is 5.83. The summed E-state index contributed by atoms with van der Waals surface area (Å²) in [6.07, 6.45) is 4.14. The van der Waals surface area contributed by atoms with Gasteiger partial charge in [-0.1, -0.05) is 6.07 Å². The van der Waals surface area contributed by atoms with Crippen molar-refractivity contribution in [2.24, 2.45) is 0 Å². The standard InChI is InChI=1S/C22H29N5O5/c1-5-31-18(28)14-26-11-10-24-19(20(26)29)25-17-13-27(21(30)32-22(2,3)4)12-15(17)16-8-6-7-9-23-16/h6-11,15,17H,5,12-14H2,1-4H3,(H,24,25). The third-order valence-electron chi connectivity index (χ3n) is 4.88. The number of likely N-dealkylation sites (tertiary alicyclic amines) is 1. The van der Waals surface area contributed by atoms with Crippen LogP contribution in [-0.2, 0) is 20.8 Å². The first-order chi connectivity index (χ1) is 15.2. The van der Waals surface area contributed by atoms with Crippen molar-refractivity contribution in [3.8, 4) is 0 Å². The topological polar surface area (TPSA) is 116 Å². The van der Waals surface area contributed by atoms with Crippen LogP contribution in [0.1, 0.15) is 39.3 Å². The monoisotopic (exact) mass is 443 g/mol. The van der Waals surface area contributed by atoms with Gasteiger partial charge in [0.25, 0.3) is 5.56 Å². The predicted molar refractivity (Wildman–Crippen MR) is 117 cm³/mol. The number of anilines is 1. The maximum atomic E-state index is 12.9. The summed E-state index contributed by atoms with van der Waals surface area (Å²) in [6.45, 7) is 7.86. The molecule has 1 N–H and O–H groups in total. The van der Waals surface area contributed by atoms with Crippen LogP contribution in [-0.4, -0.2) is 62.8 Å². The average molecular weight is 444 g/mol. The molecular weight excluding hydrogens is 414 g/mol. The number of rotatable bonds is 6. The molecule has 1 aliphatic heterocycles. The summed E-state index contributed by atoms with van der Waals surface area (Å²) in [5.41, 5.74) is -0.278. The van der Waals surface area contributed by atoms with E-state index in [1.54, 1.807) is 18.0 Å². The van der Waals surface area contributed by atoms with Crippen LogP contribution in [0.3, 0.4) is 0 Å². The van der Waals surface area contributed by atoms with Gasteiger partial charge in [-0.25, -0.2) is 9.78 Å².